The van der Waals surface area contributed by atoms with Gasteiger partial charge in [0.05, 0.1) is 5.60 Å². The number of rotatable bonds is 3. The van der Waals surface area contributed by atoms with Crippen LogP contribution in [0.2, 0.25) is 0 Å². The minimum Gasteiger partial charge on any atom is -0.390 e. The van der Waals surface area contributed by atoms with Crippen LogP contribution in [0.3, 0.4) is 0 Å². The second-order valence-electron chi connectivity index (χ2n) is 6.05. The van der Waals surface area contributed by atoms with E-state index in [1.807, 2.05) is 13.8 Å². The summed E-state index contributed by atoms with van der Waals surface area (Å²) in [5.41, 5.74) is -0.512. The molecule has 0 aliphatic carbocycles. The van der Waals surface area contributed by atoms with Crippen LogP contribution in [0.15, 0.2) is 0 Å². The first-order chi connectivity index (χ1) is 7.54. The molecule has 1 N–H and O–H groups in total. The predicted octanol–water partition coefficient (Wildman–Crippen LogP) is 1.32. The number of nitrogens with zero attached hydrogens (tertiary/aromatic N) is 2. The Kier molecular flexibility index (Phi) is 3.88. The fourth-order valence-electron chi connectivity index (χ4n) is 2.92. The van der Waals surface area contributed by atoms with E-state index in [0.717, 1.165) is 19.0 Å². The van der Waals surface area contributed by atoms with E-state index in [1.54, 1.807) is 0 Å². The fourth-order valence-corrected chi connectivity index (χ4v) is 2.92. The third-order valence-electron chi connectivity index (χ3n) is 3.93. The van der Waals surface area contributed by atoms with Crippen molar-refractivity contribution in [1.29, 1.82) is 0 Å². The Labute approximate surface area is 99.4 Å². The van der Waals surface area contributed by atoms with Crippen LogP contribution in [0.25, 0.3) is 0 Å². The summed E-state index contributed by atoms with van der Waals surface area (Å²) < 4.78 is 0. The van der Waals surface area contributed by atoms with E-state index >= 15 is 0 Å². The maximum atomic E-state index is 9.77. The van der Waals surface area contributed by atoms with Gasteiger partial charge in [0.15, 0.2) is 0 Å². The lowest BCUT2D eigenvalue weighted by atomic mass is 10.1. The van der Waals surface area contributed by atoms with E-state index in [4.69, 9.17) is 0 Å². The van der Waals surface area contributed by atoms with E-state index < -0.39 is 5.60 Å². The zero-order valence-electron chi connectivity index (χ0n) is 10.8. The third kappa shape index (κ3) is 3.44. The Morgan fingerprint density at radius 1 is 1.19 bits per heavy atom. The van der Waals surface area contributed by atoms with Gasteiger partial charge in [0.25, 0.3) is 0 Å². The topological polar surface area (TPSA) is 26.7 Å². The van der Waals surface area contributed by atoms with Gasteiger partial charge in [-0.15, -0.1) is 0 Å². The lowest BCUT2D eigenvalue weighted by Gasteiger charge is -2.27. The Morgan fingerprint density at radius 2 is 1.94 bits per heavy atom. The van der Waals surface area contributed by atoms with Gasteiger partial charge in [0.1, 0.15) is 0 Å². The van der Waals surface area contributed by atoms with E-state index in [-0.39, 0.29) is 0 Å². The van der Waals surface area contributed by atoms with Crippen LogP contribution in [0.1, 0.15) is 39.5 Å². The first kappa shape index (κ1) is 12.3. The van der Waals surface area contributed by atoms with Crippen LogP contribution >= 0.6 is 0 Å². The first-order valence-corrected chi connectivity index (χ1v) is 6.73. The molecule has 16 heavy (non-hydrogen) atoms. The van der Waals surface area contributed by atoms with Crippen LogP contribution in [-0.4, -0.2) is 59.3 Å². The Hall–Kier alpha value is -0.120. The van der Waals surface area contributed by atoms with Gasteiger partial charge in [-0.3, -0.25) is 4.90 Å². The molecule has 0 aromatic heterocycles. The molecule has 0 bridgehead atoms. The number of fused-ring (bicyclic) bond motifs is 1. The van der Waals surface area contributed by atoms with E-state index in [2.05, 4.69) is 9.80 Å². The average Bonchev–Trinajstić information content (AvgIpc) is 2.52. The van der Waals surface area contributed by atoms with Crippen molar-refractivity contribution in [3.8, 4) is 0 Å². The first-order valence-electron chi connectivity index (χ1n) is 6.73. The number of aliphatic hydroxyl groups is 1. The Balaban J connectivity index is 1.81. The zero-order valence-corrected chi connectivity index (χ0v) is 10.8. The summed E-state index contributed by atoms with van der Waals surface area (Å²) in [5.74, 6) is 0. The van der Waals surface area contributed by atoms with Crippen LogP contribution in [0.4, 0.5) is 0 Å². The van der Waals surface area contributed by atoms with E-state index in [9.17, 15) is 5.11 Å². The largest absolute Gasteiger partial charge is 0.390 e. The van der Waals surface area contributed by atoms with Crippen molar-refractivity contribution in [3.05, 3.63) is 0 Å². The van der Waals surface area contributed by atoms with Gasteiger partial charge < -0.3 is 10.0 Å². The van der Waals surface area contributed by atoms with Crippen LogP contribution in [0.5, 0.6) is 0 Å². The van der Waals surface area contributed by atoms with Gasteiger partial charge >= 0.3 is 0 Å². The maximum Gasteiger partial charge on any atom is 0.0603 e. The van der Waals surface area contributed by atoms with Gasteiger partial charge in [0, 0.05) is 19.1 Å². The van der Waals surface area contributed by atoms with Gasteiger partial charge in [-0.1, -0.05) is 0 Å². The van der Waals surface area contributed by atoms with Crippen molar-refractivity contribution in [2.75, 3.05) is 32.7 Å². The highest BCUT2D eigenvalue weighted by atomic mass is 16.3. The zero-order chi connectivity index (χ0) is 11.6. The van der Waals surface area contributed by atoms with Gasteiger partial charge in [0.2, 0.25) is 0 Å². The van der Waals surface area contributed by atoms with Gasteiger partial charge in [-0.05, 0) is 59.2 Å². The van der Waals surface area contributed by atoms with Crippen LogP contribution in [0, 0.1) is 0 Å². The lowest BCUT2D eigenvalue weighted by Crippen LogP contribution is -2.38. The third-order valence-corrected chi connectivity index (χ3v) is 3.93. The Morgan fingerprint density at radius 3 is 2.69 bits per heavy atom. The molecule has 2 fully saturated rings. The monoisotopic (exact) mass is 226 g/mol. The summed E-state index contributed by atoms with van der Waals surface area (Å²) in [6.45, 7) is 9.89. The van der Waals surface area contributed by atoms with Crippen LogP contribution in [-0.2, 0) is 0 Å². The molecule has 2 aliphatic rings. The summed E-state index contributed by atoms with van der Waals surface area (Å²) in [7, 11) is 0. The van der Waals surface area contributed by atoms with Gasteiger partial charge in [-0.2, -0.15) is 0 Å². The molecule has 94 valence electrons. The fraction of sp³-hybridized carbons (Fsp3) is 1.00. The lowest BCUT2D eigenvalue weighted by molar-refractivity contribution is 0.0567. The molecule has 0 amide bonds. The van der Waals surface area contributed by atoms with Crippen molar-refractivity contribution < 1.29 is 5.11 Å². The molecule has 2 aliphatic heterocycles. The normalized spacial score (nSPS) is 29.1. The molecule has 0 aromatic carbocycles. The highest BCUT2D eigenvalue weighted by Crippen LogP contribution is 2.21. The summed E-state index contributed by atoms with van der Waals surface area (Å²) in [6, 6.07) is 0.796. The van der Waals surface area contributed by atoms with Gasteiger partial charge in [-0.25, -0.2) is 0 Å². The molecule has 3 heteroatoms. The summed E-state index contributed by atoms with van der Waals surface area (Å²) in [6.07, 6.45) is 4.94. The second kappa shape index (κ2) is 5.03. The molecule has 1 unspecified atom stereocenters. The molecule has 0 saturated carbocycles. The minimum absolute atomic E-state index is 0.512. The quantitative estimate of drug-likeness (QED) is 0.786. The molecule has 1 atom stereocenters. The van der Waals surface area contributed by atoms with Crippen LogP contribution < -0.4 is 0 Å². The Bertz CT molecular complexity index is 224. The average molecular weight is 226 g/mol. The smallest absolute Gasteiger partial charge is 0.0603 e. The van der Waals surface area contributed by atoms with Crippen molar-refractivity contribution in [2.45, 2.75) is 51.2 Å². The number of hydrogen-bond donors (Lipinski definition) is 1. The molecule has 0 aromatic rings. The molecular weight excluding hydrogens is 200 g/mol. The maximum absolute atomic E-state index is 9.77. The highest BCUT2D eigenvalue weighted by molar-refractivity contribution is 4.85. The molecule has 2 rings (SSSR count). The highest BCUT2D eigenvalue weighted by Gasteiger charge is 2.28. The van der Waals surface area contributed by atoms with Crippen molar-refractivity contribution >= 4 is 0 Å². The number of hydrogen-bond acceptors (Lipinski definition) is 3. The van der Waals surface area contributed by atoms with Crippen molar-refractivity contribution in [1.82, 2.24) is 9.80 Å². The van der Waals surface area contributed by atoms with Crippen molar-refractivity contribution in [3.63, 3.8) is 0 Å². The predicted molar refractivity (Wildman–Crippen MR) is 66.6 cm³/mol. The molecule has 2 saturated heterocycles. The molecule has 3 nitrogen and oxygen atoms in total. The molecular formula is C13H26N2O. The summed E-state index contributed by atoms with van der Waals surface area (Å²) in [5, 5.41) is 9.77. The second-order valence-corrected chi connectivity index (χ2v) is 6.05. The summed E-state index contributed by atoms with van der Waals surface area (Å²) in [4.78, 5) is 5.21. The SMILES string of the molecule is CC(C)(O)CCN1CCCN2CCCC2C1. The minimum atomic E-state index is -0.512. The standard InChI is InChI=1S/C13H26N2O/c1-13(2,16)6-10-14-7-4-9-15-8-3-5-12(15)11-14/h12,16H,3-11H2,1-2H3. The molecule has 0 spiro atoms. The molecule has 2 heterocycles. The summed E-state index contributed by atoms with van der Waals surface area (Å²) >= 11 is 0. The van der Waals surface area contributed by atoms with Crippen molar-refractivity contribution in [2.24, 2.45) is 0 Å². The molecule has 0 radical (unpaired) electrons. The van der Waals surface area contributed by atoms with E-state index in [0.29, 0.717) is 0 Å². The van der Waals surface area contributed by atoms with E-state index in [1.165, 1.54) is 45.4 Å².